The van der Waals surface area contributed by atoms with Crippen molar-refractivity contribution in [3.63, 3.8) is 0 Å². The summed E-state index contributed by atoms with van der Waals surface area (Å²) in [5.74, 6) is 4.60. The molecule has 0 aliphatic rings. The predicted molar refractivity (Wildman–Crippen MR) is 79.5 cm³/mol. The van der Waals surface area contributed by atoms with Crippen LogP contribution in [0.2, 0.25) is 0 Å². The Kier molecular flexibility index (Phi) is 4.70. The van der Waals surface area contributed by atoms with Gasteiger partial charge in [0.15, 0.2) is 0 Å². The number of anilines is 1. The van der Waals surface area contributed by atoms with E-state index in [1.165, 1.54) is 24.3 Å². The smallest absolute Gasteiger partial charge is 0.255 e. The molecule has 0 aliphatic carbocycles. The predicted octanol–water partition coefficient (Wildman–Crippen LogP) is 2.73. The number of nitrogens with one attached hydrogen (secondary N) is 1. The molecule has 106 valence electrons. The SMILES string of the molecule is Cc1ccc(C#CCO)c(NC(=O)c2ccc(F)cc2)c1. The highest BCUT2D eigenvalue weighted by Gasteiger charge is 2.08. The molecule has 2 aromatic carbocycles. The molecule has 0 saturated heterocycles. The van der Waals surface area contributed by atoms with Gasteiger partial charge in [0.2, 0.25) is 0 Å². The number of hydrogen-bond donors (Lipinski definition) is 2. The minimum atomic E-state index is -0.392. The zero-order valence-corrected chi connectivity index (χ0v) is 11.5. The summed E-state index contributed by atoms with van der Waals surface area (Å²) in [5.41, 5.74) is 2.51. The van der Waals surface area contributed by atoms with Crippen LogP contribution in [0, 0.1) is 24.6 Å². The molecule has 3 nitrogen and oxygen atoms in total. The molecular weight excluding hydrogens is 269 g/mol. The fourth-order valence-electron chi connectivity index (χ4n) is 1.80. The van der Waals surface area contributed by atoms with Gasteiger partial charge < -0.3 is 10.4 Å². The molecule has 0 saturated carbocycles. The van der Waals surface area contributed by atoms with E-state index < -0.39 is 5.82 Å². The molecule has 2 aromatic rings. The largest absolute Gasteiger partial charge is 0.384 e. The number of halogens is 1. The van der Waals surface area contributed by atoms with Crippen LogP contribution in [-0.2, 0) is 0 Å². The number of hydrogen-bond acceptors (Lipinski definition) is 2. The molecule has 0 bridgehead atoms. The number of amides is 1. The van der Waals surface area contributed by atoms with Crippen molar-refractivity contribution in [3.05, 3.63) is 65.0 Å². The minimum Gasteiger partial charge on any atom is -0.384 e. The average Bonchev–Trinajstić information content (AvgIpc) is 2.47. The topological polar surface area (TPSA) is 49.3 Å². The first-order chi connectivity index (χ1) is 10.1. The molecule has 0 fully saturated rings. The summed E-state index contributed by atoms with van der Waals surface area (Å²) < 4.78 is 12.9. The molecule has 0 aliphatic heterocycles. The summed E-state index contributed by atoms with van der Waals surface area (Å²) in [6.07, 6.45) is 0. The molecule has 4 heteroatoms. The Balaban J connectivity index is 2.27. The van der Waals surface area contributed by atoms with Gasteiger partial charge in [0.1, 0.15) is 12.4 Å². The molecule has 0 aromatic heterocycles. The lowest BCUT2D eigenvalue weighted by atomic mass is 10.1. The van der Waals surface area contributed by atoms with Gasteiger partial charge in [0.25, 0.3) is 5.91 Å². The molecule has 0 atom stereocenters. The zero-order chi connectivity index (χ0) is 15.2. The van der Waals surface area contributed by atoms with E-state index >= 15 is 0 Å². The normalized spacial score (nSPS) is 9.67. The van der Waals surface area contributed by atoms with E-state index in [-0.39, 0.29) is 12.5 Å². The maximum Gasteiger partial charge on any atom is 0.255 e. The maximum atomic E-state index is 12.9. The third kappa shape index (κ3) is 3.91. The Morgan fingerprint density at radius 3 is 2.62 bits per heavy atom. The van der Waals surface area contributed by atoms with Gasteiger partial charge in [-0.2, -0.15) is 0 Å². The maximum absolute atomic E-state index is 12.9. The monoisotopic (exact) mass is 283 g/mol. The van der Waals surface area contributed by atoms with Crippen molar-refractivity contribution in [2.24, 2.45) is 0 Å². The van der Waals surface area contributed by atoms with Crippen LogP contribution in [-0.4, -0.2) is 17.6 Å². The van der Waals surface area contributed by atoms with Crippen LogP contribution >= 0.6 is 0 Å². The van der Waals surface area contributed by atoms with E-state index in [2.05, 4.69) is 17.2 Å². The number of aliphatic hydroxyl groups excluding tert-OH is 1. The van der Waals surface area contributed by atoms with Crippen LogP contribution in [0.5, 0.6) is 0 Å². The van der Waals surface area contributed by atoms with Crippen LogP contribution in [0.1, 0.15) is 21.5 Å². The van der Waals surface area contributed by atoms with E-state index in [9.17, 15) is 9.18 Å². The molecular formula is C17H14FNO2. The van der Waals surface area contributed by atoms with Crippen molar-refractivity contribution in [1.29, 1.82) is 0 Å². The number of rotatable bonds is 2. The van der Waals surface area contributed by atoms with Gasteiger partial charge in [-0.25, -0.2) is 4.39 Å². The Labute approximate surface area is 122 Å². The lowest BCUT2D eigenvalue weighted by molar-refractivity contribution is 0.102. The van der Waals surface area contributed by atoms with Crippen LogP contribution in [0.4, 0.5) is 10.1 Å². The fraction of sp³-hybridized carbons (Fsp3) is 0.118. The minimum absolute atomic E-state index is 0.251. The first-order valence-electron chi connectivity index (χ1n) is 6.37. The van der Waals surface area contributed by atoms with Gasteiger partial charge in [-0.05, 0) is 48.9 Å². The highest BCUT2D eigenvalue weighted by molar-refractivity contribution is 6.04. The summed E-state index contributed by atoms with van der Waals surface area (Å²) in [6, 6.07) is 10.7. The molecule has 2 N–H and O–H groups in total. The molecule has 1 amide bonds. The van der Waals surface area contributed by atoms with Crippen molar-refractivity contribution in [3.8, 4) is 11.8 Å². The number of aryl methyl sites for hydroxylation is 1. The van der Waals surface area contributed by atoms with Gasteiger partial charge in [0.05, 0.1) is 5.69 Å². The highest BCUT2D eigenvalue weighted by atomic mass is 19.1. The van der Waals surface area contributed by atoms with Crippen molar-refractivity contribution in [2.45, 2.75) is 6.92 Å². The van der Waals surface area contributed by atoms with Gasteiger partial charge in [0, 0.05) is 11.1 Å². The standard InChI is InChI=1S/C17H14FNO2/c1-12-4-5-13(3-2-10-20)16(11-12)19-17(21)14-6-8-15(18)9-7-14/h4-9,11,20H,10H2,1H3,(H,19,21). The molecule has 0 spiro atoms. The zero-order valence-electron chi connectivity index (χ0n) is 11.5. The fourth-order valence-corrected chi connectivity index (χ4v) is 1.80. The second-order valence-corrected chi connectivity index (χ2v) is 4.47. The Hall–Kier alpha value is -2.64. The Bertz CT molecular complexity index is 712. The number of aliphatic hydroxyl groups is 1. The molecule has 0 heterocycles. The third-order valence-electron chi connectivity index (χ3n) is 2.83. The average molecular weight is 283 g/mol. The second-order valence-electron chi connectivity index (χ2n) is 4.47. The van der Waals surface area contributed by atoms with Gasteiger partial charge in [-0.1, -0.05) is 17.9 Å². The lowest BCUT2D eigenvalue weighted by Crippen LogP contribution is -2.13. The van der Waals surface area contributed by atoms with E-state index in [0.717, 1.165) is 5.56 Å². The quantitative estimate of drug-likeness (QED) is 0.833. The van der Waals surface area contributed by atoms with Crippen molar-refractivity contribution >= 4 is 11.6 Å². The van der Waals surface area contributed by atoms with Crippen LogP contribution in [0.3, 0.4) is 0 Å². The molecule has 0 radical (unpaired) electrons. The summed E-state index contributed by atoms with van der Waals surface area (Å²) in [7, 11) is 0. The van der Waals surface area contributed by atoms with E-state index in [1.54, 1.807) is 12.1 Å². The number of carbonyl (C=O) groups is 1. The van der Waals surface area contributed by atoms with Crippen LogP contribution in [0.25, 0.3) is 0 Å². The summed E-state index contributed by atoms with van der Waals surface area (Å²) in [6.45, 7) is 1.65. The first-order valence-corrected chi connectivity index (χ1v) is 6.37. The Morgan fingerprint density at radius 1 is 1.24 bits per heavy atom. The van der Waals surface area contributed by atoms with E-state index in [4.69, 9.17) is 5.11 Å². The Morgan fingerprint density at radius 2 is 1.95 bits per heavy atom. The summed E-state index contributed by atoms with van der Waals surface area (Å²) in [5, 5.41) is 11.5. The first kappa shape index (κ1) is 14.8. The van der Waals surface area contributed by atoms with Crippen molar-refractivity contribution < 1.29 is 14.3 Å². The molecule has 21 heavy (non-hydrogen) atoms. The summed E-state index contributed by atoms with van der Waals surface area (Å²) >= 11 is 0. The lowest BCUT2D eigenvalue weighted by Gasteiger charge is -2.09. The third-order valence-corrected chi connectivity index (χ3v) is 2.83. The van der Waals surface area contributed by atoms with Gasteiger partial charge >= 0.3 is 0 Å². The molecule has 0 unspecified atom stereocenters. The van der Waals surface area contributed by atoms with Crippen LogP contribution < -0.4 is 5.32 Å². The number of benzene rings is 2. The summed E-state index contributed by atoms with van der Waals surface area (Å²) in [4.78, 5) is 12.1. The van der Waals surface area contributed by atoms with Crippen LogP contribution in [0.15, 0.2) is 42.5 Å². The van der Waals surface area contributed by atoms with E-state index in [0.29, 0.717) is 16.8 Å². The molecule has 2 rings (SSSR count). The highest BCUT2D eigenvalue weighted by Crippen LogP contribution is 2.18. The second kappa shape index (κ2) is 6.69. The van der Waals surface area contributed by atoms with E-state index in [1.807, 2.05) is 13.0 Å². The van der Waals surface area contributed by atoms with Gasteiger partial charge in [-0.15, -0.1) is 0 Å². The van der Waals surface area contributed by atoms with Gasteiger partial charge in [-0.3, -0.25) is 4.79 Å². The number of carbonyl (C=O) groups excluding carboxylic acids is 1. The van der Waals surface area contributed by atoms with Crippen molar-refractivity contribution in [2.75, 3.05) is 11.9 Å². The van der Waals surface area contributed by atoms with Crippen molar-refractivity contribution in [1.82, 2.24) is 0 Å².